The van der Waals surface area contributed by atoms with Crippen LogP contribution in [-0.4, -0.2) is 41.9 Å². The Balaban J connectivity index is 1.50. The lowest BCUT2D eigenvalue weighted by Crippen LogP contribution is -2.48. The zero-order valence-electron chi connectivity index (χ0n) is 18.2. The van der Waals surface area contributed by atoms with Gasteiger partial charge in [0.15, 0.2) is 0 Å². The molecule has 0 aromatic heterocycles. The summed E-state index contributed by atoms with van der Waals surface area (Å²) in [6.07, 6.45) is -4.42. The van der Waals surface area contributed by atoms with Gasteiger partial charge in [-0.15, -0.1) is 0 Å². The van der Waals surface area contributed by atoms with Crippen molar-refractivity contribution in [2.75, 3.05) is 31.1 Å². The Morgan fingerprint density at radius 1 is 0.914 bits per heavy atom. The lowest BCUT2D eigenvalue weighted by Gasteiger charge is -2.36. The number of anilines is 1. The molecule has 0 N–H and O–H groups in total. The zero-order valence-corrected chi connectivity index (χ0v) is 18.2. The number of amides is 1. The second-order valence-corrected chi connectivity index (χ2v) is 7.82. The van der Waals surface area contributed by atoms with E-state index < -0.39 is 28.4 Å². The molecule has 7 nitrogen and oxygen atoms in total. The van der Waals surface area contributed by atoms with Gasteiger partial charge in [-0.2, -0.15) is 13.2 Å². The molecule has 1 aliphatic rings. The van der Waals surface area contributed by atoms with Crippen molar-refractivity contribution in [3.8, 4) is 11.5 Å². The number of carbonyl (C=O) groups is 1. The van der Waals surface area contributed by atoms with Gasteiger partial charge >= 0.3 is 6.18 Å². The van der Waals surface area contributed by atoms with Crippen molar-refractivity contribution in [2.45, 2.75) is 6.18 Å². The van der Waals surface area contributed by atoms with E-state index in [0.29, 0.717) is 18.8 Å². The Labute approximate surface area is 197 Å². The fraction of sp³-hybridized carbons (Fsp3) is 0.208. The lowest BCUT2D eigenvalue weighted by molar-refractivity contribution is -0.384. The summed E-state index contributed by atoms with van der Waals surface area (Å²) >= 11 is 0. The summed E-state index contributed by atoms with van der Waals surface area (Å²) in [7, 11) is 0. The van der Waals surface area contributed by atoms with Crippen LogP contribution in [0.4, 0.5) is 28.9 Å². The second-order valence-electron chi connectivity index (χ2n) is 7.82. The quantitative estimate of drug-likeness (QED) is 0.269. The van der Waals surface area contributed by atoms with Gasteiger partial charge in [-0.1, -0.05) is 0 Å². The zero-order chi connectivity index (χ0) is 25.2. The number of nitro benzene ring substituents is 1. The topological polar surface area (TPSA) is 75.9 Å². The number of non-ortho nitro benzene ring substituents is 1. The third-order valence-corrected chi connectivity index (χ3v) is 5.57. The first-order valence-corrected chi connectivity index (χ1v) is 10.5. The molecule has 1 heterocycles. The van der Waals surface area contributed by atoms with Gasteiger partial charge in [0, 0.05) is 44.0 Å². The highest BCUT2D eigenvalue weighted by atomic mass is 19.4. The summed E-state index contributed by atoms with van der Waals surface area (Å²) < 4.78 is 57.3. The van der Waals surface area contributed by atoms with Crippen LogP contribution in [0.3, 0.4) is 0 Å². The van der Waals surface area contributed by atoms with E-state index in [2.05, 4.69) is 0 Å². The molecular formula is C24H19F4N3O4. The molecule has 1 aliphatic heterocycles. The van der Waals surface area contributed by atoms with E-state index in [0.717, 1.165) is 18.2 Å². The maximum atomic E-state index is 13.3. The van der Waals surface area contributed by atoms with Crippen molar-refractivity contribution in [3.05, 3.63) is 93.8 Å². The normalized spacial score (nSPS) is 14.1. The first-order chi connectivity index (χ1) is 16.6. The predicted molar refractivity (Wildman–Crippen MR) is 119 cm³/mol. The predicted octanol–water partition coefficient (Wildman–Crippen LogP) is 5.51. The maximum Gasteiger partial charge on any atom is 0.416 e. The van der Waals surface area contributed by atoms with Crippen molar-refractivity contribution >= 4 is 17.3 Å². The van der Waals surface area contributed by atoms with Crippen LogP contribution in [-0.2, 0) is 6.18 Å². The number of piperazine rings is 1. The Kier molecular flexibility index (Phi) is 6.59. The number of nitro groups is 1. The van der Waals surface area contributed by atoms with E-state index in [1.807, 2.05) is 4.90 Å². The number of rotatable bonds is 5. The third-order valence-electron chi connectivity index (χ3n) is 5.57. The summed E-state index contributed by atoms with van der Waals surface area (Å²) in [4.78, 5) is 27.3. The summed E-state index contributed by atoms with van der Waals surface area (Å²) in [6.45, 7) is 1.22. The molecule has 0 atom stereocenters. The van der Waals surface area contributed by atoms with Crippen LogP contribution < -0.4 is 9.64 Å². The van der Waals surface area contributed by atoms with Crippen molar-refractivity contribution < 1.29 is 32.0 Å². The number of hydrogen-bond donors (Lipinski definition) is 0. The van der Waals surface area contributed by atoms with Crippen LogP contribution in [0.5, 0.6) is 11.5 Å². The molecule has 182 valence electrons. The Hall–Kier alpha value is -4.15. The monoisotopic (exact) mass is 489 g/mol. The van der Waals surface area contributed by atoms with Gasteiger partial charge in [0.05, 0.1) is 16.1 Å². The summed E-state index contributed by atoms with van der Waals surface area (Å²) in [5.74, 6) is -0.625. The van der Waals surface area contributed by atoms with Crippen LogP contribution >= 0.6 is 0 Å². The molecule has 35 heavy (non-hydrogen) atoms. The minimum absolute atomic E-state index is 0.0218. The average molecular weight is 489 g/mol. The van der Waals surface area contributed by atoms with Crippen LogP contribution in [0.15, 0.2) is 66.7 Å². The van der Waals surface area contributed by atoms with Crippen LogP contribution in [0.25, 0.3) is 0 Å². The molecule has 0 aliphatic carbocycles. The highest BCUT2D eigenvalue weighted by molar-refractivity contribution is 5.98. The van der Waals surface area contributed by atoms with Crippen LogP contribution in [0, 0.1) is 15.9 Å². The lowest BCUT2D eigenvalue weighted by atomic mass is 10.1. The SMILES string of the molecule is O=C(c1cc([N+](=O)[O-])ccc1Oc1ccc(F)cc1)N1CCN(c2ccc(C(F)(F)F)cc2)CC1. The molecule has 0 unspecified atom stereocenters. The average Bonchev–Trinajstić information content (AvgIpc) is 2.85. The van der Waals surface area contributed by atoms with E-state index in [-0.39, 0.29) is 35.8 Å². The fourth-order valence-corrected chi connectivity index (χ4v) is 3.72. The molecule has 0 spiro atoms. The van der Waals surface area contributed by atoms with E-state index in [1.54, 1.807) is 0 Å². The standard InChI is InChI=1S/C24H19F4N3O4/c25-17-3-8-20(9-4-17)35-22-10-7-19(31(33)34)15-21(22)23(32)30-13-11-29(12-14-30)18-5-1-16(2-6-18)24(26,27)28/h1-10,15H,11-14H2. The Morgan fingerprint density at radius 3 is 2.11 bits per heavy atom. The molecule has 11 heteroatoms. The Bertz CT molecular complexity index is 1220. The van der Waals surface area contributed by atoms with E-state index in [4.69, 9.17) is 4.74 Å². The molecule has 0 saturated carbocycles. The molecule has 0 bridgehead atoms. The summed E-state index contributed by atoms with van der Waals surface area (Å²) in [5.41, 5.74) is -0.454. The van der Waals surface area contributed by atoms with Gasteiger partial charge in [-0.3, -0.25) is 14.9 Å². The fourth-order valence-electron chi connectivity index (χ4n) is 3.72. The van der Waals surface area contributed by atoms with Crippen LogP contribution in [0.2, 0.25) is 0 Å². The number of nitrogens with zero attached hydrogens (tertiary/aromatic N) is 3. The molecule has 1 saturated heterocycles. The summed E-state index contributed by atoms with van der Waals surface area (Å²) in [5, 5.41) is 11.3. The van der Waals surface area contributed by atoms with Gasteiger partial charge in [-0.05, 0) is 54.6 Å². The van der Waals surface area contributed by atoms with E-state index >= 15 is 0 Å². The third kappa shape index (κ3) is 5.51. The first kappa shape index (κ1) is 24.0. The second kappa shape index (κ2) is 9.61. The molecule has 1 amide bonds. The van der Waals surface area contributed by atoms with Gasteiger partial charge in [0.1, 0.15) is 17.3 Å². The number of halogens is 4. The van der Waals surface area contributed by atoms with Crippen molar-refractivity contribution in [1.29, 1.82) is 0 Å². The number of benzene rings is 3. The Morgan fingerprint density at radius 2 is 1.54 bits per heavy atom. The number of alkyl halides is 3. The van der Waals surface area contributed by atoms with E-state index in [1.165, 1.54) is 53.4 Å². The van der Waals surface area contributed by atoms with Crippen molar-refractivity contribution in [2.24, 2.45) is 0 Å². The number of hydrogen-bond acceptors (Lipinski definition) is 5. The maximum absolute atomic E-state index is 13.3. The van der Waals surface area contributed by atoms with Crippen molar-refractivity contribution in [3.63, 3.8) is 0 Å². The largest absolute Gasteiger partial charge is 0.457 e. The minimum atomic E-state index is -4.42. The molecule has 4 rings (SSSR count). The number of carbonyl (C=O) groups excluding carboxylic acids is 1. The van der Waals surface area contributed by atoms with E-state index in [9.17, 15) is 32.5 Å². The van der Waals surface area contributed by atoms with Gasteiger partial charge in [0.25, 0.3) is 11.6 Å². The molecule has 1 fully saturated rings. The smallest absolute Gasteiger partial charge is 0.416 e. The van der Waals surface area contributed by atoms with Crippen LogP contribution in [0.1, 0.15) is 15.9 Å². The molecular weight excluding hydrogens is 470 g/mol. The van der Waals surface area contributed by atoms with Gasteiger partial charge < -0.3 is 14.5 Å². The van der Waals surface area contributed by atoms with Crippen molar-refractivity contribution in [1.82, 2.24) is 4.90 Å². The summed E-state index contributed by atoms with van der Waals surface area (Å²) in [6, 6.07) is 13.5. The highest BCUT2D eigenvalue weighted by Crippen LogP contribution is 2.32. The highest BCUT2D eigenvalue weighted by Gasteiger charge is 2.31. The molecule has 0 radical (unpaired) electrons. The minimum Gasteiger partial charge on any atom is -0.457 e. The molecule has 3 aromatic rings. The number of ether oxygens (including phenoxy) is 1. The van der Waals surface area contributed by atoms with Gasteiger partial charge in [0.2, 0.25) is 0 Å². The van der Waals surface area contributed by atoms with Gasteiger partial charge in [-0.25, -0.2) is 4.39 Å². The first-order valence-electron chi connectivity index (χ1n) is 10.5. The molecule has 3 aromatic carbocycles.